The van der Waals surface area contributed by atoms with E-state index in [0.29, 0.717) is 10.8 Å². The Morgan fingerprint density at radius 3 is 2.71 bits per heavy atom. The Bertz CT molecular complexity index is 673. The molecule has 0 unspecified atom stereocenters. The number of carbonyl (C=O) groups is 1. The van der Waals surface area contributed by atoms with Gasteiger partial charge in [-0.3, -0.25) is 4.79 Å². The largest absolute Gasteiger partial charge is 0.482 e. The standard InChI is InChI=1S/C16H15BrClNO2/c1-10-3-6-14(18)15(7-10)21-9-16(20)19-12-4-5-13(17)11(2)8-12/h3-8H,9H2,1-2H3,(H,19,20). The molecule has 0 aliphatic carbocycles. The average Bonchev–Trinajstić information content (AvgIpc) is 2.44. The van der Waals surface area contributed by atoms with Crippen LogP contribution in [0.1, 0.15) is 11.1 Å². The Morgan fingerprint density at radius 2 is 2.00 bits per heavy atom. The van der Waals surface area contributed by atoms with Crippen molar-refractivity contribution in [3.8, 4) is 5.75 Å². The van der Waals surface area contributed by atoms with Crippen molar-refractivity contribution in [1.82, 2.24) is 0 Å². The summed E-state index contributed by atoms with van der Waals surface area (Å²) in [4.78, 5) is 11.9. The van der Waals surface area contributed by atoms with E-state index in [9.17, 15) is 4.79 Å². The predicted octanol–water partition coefficient (Wildman–Crippen LogP) is 4.74. The Balaban J connectivity index is 1.95. The summed E-state index contributed by atoms with van der Waals surface area (Å²) < 4.78 is 6.46. The second-order valence-electron chi connectivity index (χ2n) is 4.73. The zero-order chi connectivity index (χ0) is 15.4. The highest BCUT2D eigenvalue weighted by Crippen LogP contribution is 2.25. The molecular formula is C16H15BrClNO2. The first kappa shape index (κ1) is 15.9. The minimum absolute atomic E-state index is 0.0850. The predicted molar refractivity (Wildman–Crippen MR) is 89.2 cm³/mol. The molecular weight excluding hydrogens is 354 g/mol. The molecule has 2 aromatic carbocycles. The molecule has 1 amide bonds. The number of aryl methyl sites for hydroxylation is 2. The molecule has 5 heteroatoms. The Morgan fingerprint density at radius 1 is 1.24 bits per heavy atom. The van der Waals surface area contributed by atoms with Crippen LogP contribution in [-0.2, 0) is 4.79 Å². The van der Waals surface area contributed by atoms with Gasteiger partial charge in [0.15, 0.2) is 6.61 Å². The fourth-order valence-electron chi connectivity index (χ4n) is 1.78. The number of anilines is 1. The van der Waals surface area contributed by atoms with Crippen molar-refractivity contribution in [3.05, 3.63) is 57.0 Å². The van der Waals surface area contributed by atoms with Crippen LogP contribution in [0, 0.1) is 13.8 Å². The van der Waals surface area contributed by atoms with Crippen LogP contribution in [-0.4, -0.2) is 12.5 Å². The highest BCUT2D eigenvalue weighted by Gasteiger charge is 2.07. The fraction of sp³-hybridized carbons (Fsp3) is 0.188. The topological polar surface area (TPSA) is 38.3 Å². The van der Waals surface area contributed by atoms with Gasteiger partial charge in [0.25, 0.3) is 5.91 Å². The van der Waals surface area contributed by atoms with Gasteiger partial charge in [-0.15, -0.1) is 0 Å². The molecule has 0 aliphatic rings. The minimum Gasteiger partial charge on any atom is -0.482 e. The van der Waals surface area contributed by atoms with Gasteiger partial charge < -0.3 is 10.1 Å². The first-order chi connectivity index (χ1) is 9.95. The molecule has 0 saturated carbocycles. The molecule has 0 radical (unpaired) electrons. The highest BCUT2D eigenvalue weighted by atomic mass is 79.9. The number of halogens is 2. The molecule has 0 atom stereocenters. The maximum absolute atomic E-state index is 11.9. The third kappa shape index (κ3) is 4.48. The number of carbonyl (C=O) groups excluding carboxylic acids is 1. The van der Waals surface area contributed by atoms with Crippen LogP contribution in [0.2, 0.25) is 5.02 Å². The van der Waals surface area contributed by atoms with Gasteiger partial charge in [0, 0.05) is 10.2 Å². The van der Waals surface area contributed by atoms with Gasteiger partial charge >= 0.3 is 0 Å². The van der Waals surface area contributed by atoms with E-state index in [2.05, 4.69) is 21.2 Å². The normalized spacial score (nSPS) is 10.3. The fourth-order valence-corrected chi connectivity index (χ4v) is 2.20. The molecule has 2 aromatic rings. The quantitative estimate of drug-likeness (QED) is 0.846. The molecule has 1 N–H and O–H groups in total. The van der Waals surface area contributed by atoms with Gasteiger partial charge in [-0.1, -0.05) is 33.6 Å². The number of hydrogen-bond acceptors (Lipinski definition) is 2. The highest BCUT2D eigenvalue weighted by molar-refractivity contribution is 9.10. The molecule has 0 aromatic heterocycles. The van der Waals surface area contributed by atoms with E-state index in [1.807, 2.05) is 38.1 Å². The summed E-state index contributed by atoms with van der Waals surface area (Å²) in [6.07, 6.45) is 0. The summed E-state index contributed by atoms with van der Waals surface area (Å²) in [7, 11) is 0. The maximum atomic E-state index is 11.9. The van der Waals surface area contributed by atoms with Crippen LogP contribution in [0.15, 0.2) is 40.9 Å². The van der Waals surface area contributed by atoms with Crippen molar-refractivity contribution in [2.45, 2.75) is 13.8 Å². The Labute approximate surface area is 137 Å². The van der Waals surface area contributed by atoms with E-state index in [-0.39, 0.29) is 12.5 Å². The monoisotopic (exact) mass is 367 g/mol. The summed E-state index contributed by atoms with van der Waals surface area (Å²) in [5.74, 6) is 0.285. The lowest BCUT2D eigenvalue weighted by molar-refractivity contribution is -0.118. The smallest absolute Gasteiger partial charge is 0.262 e. The van der Waals surface area contributed by atoms with Crippen molar-refractivity contribution in [2.75, 3.05) is 11.9 Å². The van der Waals surface area contributed by atoms with Gasteiger partial charge in [0.1, 0.15) is 5.75 Å². The van der Waals surface area contributed by atoms with Crippen LogP contribution in [0.25, 0.3) is 0 Å². The van der Waals surface area contributed by atoms with Crippen molar-refractivity contribution < 1.29 is 9.53 Å². The summed E-state index contributed by atoms with van der Waals surface area (Å²) in [6.45, 7) is 3.81. The van der Waals surface area contributed by atoms with Gasteiger partial charge in [-0.05, 0) is 55.3 Å². The van der Waals surface area contributed by atoms with Crippen molar-refractivity contribution in [3.63, 3.8) is 0 Å². The lowest BCUT2D eigenvalue weighted by Gasteiger charge is -2.10. The third-order valence-corrected chi connectivity index (χ3v) is 4.09. The molecule has 21 heavy (non-hydrogen) atoms. The number of hydrogen-bond donors (Lipinski definition) is 1. The second-order valence-corrected chi connectivity index (χ2v) is 6.00. The molecule has 3 nitrogen and oxygen atoms in total. The molecule has 0 heterocycles. The van der Waals surface area contributed by atoms with Crippen LogP contribution in [0.5, 0.6) is 5.75 Å². The van der Waals surface area contributed by atoms with Crippen LogP contribution in [0.4, 0.5) is 5.69 Å². The summed E-state index contributed by atoms with van der Waals surface area (Å²) >= 11 is 9.44. The zero-order valence-corrected chi connectivity index (χ0v) is 14.1. The number of amides is 1. The van der Waals surface area contributed by atoms with E-state index in [4.69, 9.17) is 16.3 Å². The van der Waals surface area contributed by atoms with Crippen LogP contribution >= 0.6 is 27.5 Å². The van der Waals surface area contributed by atoms with Gasteiger partial charge in [-0.2, -0.15) is 0 Å². The number of nitrogens with one attached hydrogen (secondary N) is 1. The van der Waals surface area contributed by atoms with Crippen LogP contribution < -0.4 is 10.1 Å². The molecule has 110 valence electrons. The number of benzene rings is 2. The molecule has 0 bridgehead atoms. The Kier molecular flexibility index (Phi) is 5.26. The van der Waals surface area contributed by atoms with Gasteiger partial charge in [0.05, 0.1) is 5.02 Å². The number of rotatable bonds is 4. The first-order valence-corrected chi connectivity index (χ1v) is 7.58. The van der Waals surface area contributed by atoms with E-state index in [1.54, 1.807) is 12.1 Å². The summed E-state index contributed by atoms with van der Waals surface area (Å²) in [5, 5.41) is 3.28. The summed E-state index contributed by atoms with van der Waals surface area (Å²) in [6, 6.07) is 11.1. The SMILES string of the molecule is Cc1ccc(Cl)c(OCC(=O)Nc2ccc(Br)c(C)c2)c1. The molecule has 0 aliphatic heterocycles. The second kappa shape index (κ2) is 6.96. The summed E-state index contributed by atoms with van der Waals surface area (Å²) in [5.41, 5.74) is 2.81. The van der Waals surface area contributed by atoms with Crippen molar-refractivity contribution >= 4 is 39.1 Å². The average molecular weight is 369 g/mol. The third-order valence-electron chi connectivity index (χ3n) is 2.89. The first-order valence-electron chi connectivity index (χ1n) is 6.40. The zero-order valence-electron chi connectivity index (χ0n) is 11.7. The maximum Gasteiger partial charge on any atom is 0.262 e. The molecule has 2 rings (SSSR count). The minimum atomic E-state index is -0.228. The van der Waals surface area contributed by atoms with Gasteiger partial charge in [-0.25, -0.2) is 0 Å². The number of ether oxygens (including phenoxy) is 1. The van der Waals surface area contributed by atoms with Crippen molar-refractivity contribution in [2.24, 2.45) is 0 Å². The Hall–Kier alpha value is -1.52. The lowest BCUT2D eigenvalue weighted by atomic mass is 10.2. The van der Waals surface area contributed by atoms with E-state index in [0.717, 1.165) is 21.3 Å². The van der Waals surface area contributed by atoms with E-state index < -0.39 is 0 Å². The lowest BCUT2D eigenvalue weighted by Crippen LogP contribution is -2.20. The molecule has 0 fully saturated rings. The van der Waals surface area contributed by atoms with E-state index in [1.165, 1.54) is 0 Å². The van der Waals surface area contributed by atoms with Gasteiger partial charge in [0.2, 0.25) is 0 Å². The van der Waals surface area contributed by atoms with Crippen molar-refractivity contribution in [1.29, 1.82) is 0 Å². The van der Waals surface area contributed by atoms with E-state index >= 15 is 0 Å². The van der Waals surface area contributed by atoms with Crippen LogP contribution in [0.3, 0.4) is 0 Å². The molecule has 0 saturated heterocycles. The molecule has 0 spiro atoms.